The van der Waals surface area contributed by atoms with Crippen molar-refractivity contribution in [3.8, 4) is 0 Å². The number of hydrogen-bond donors (Lipinski definition) is 10. The van der Waals surface area contributed by atoms with E-state index in [-0.39, 0.29) is 40.4 Å². The number of ether oxygens (including phenoxy) is 5. The van der Waals surface area contributed by atoms with Crippen molar-refractivity contribution in [2.75, 3.05) is 75.9 Å². The molecule has 0 unspecified atom stereocenters. The fourth-order valence-electron chi connectivity index (χ4n) is 2.68. The molecule has 0 aliphatic carbocycles. The average molecular weight is 428 g/mol. The summed E-state index contributed by atoms with van der Waals surface area (Å²) in [6.45, 7) is 0.442. The van der Waals surface area contributed by atoms with Gasteiger partial charge in [0.15, 0.2) is 17.7 Å². The third kappa shape index (κ3) is 8.21. The molecule has 10 N–H and O–H groups in total. The summed E-state index contributed by atoms with van der Waals surface area (Å²) in [4.78, 5) is 0. The molecule has 0 amide bonds. The van der Waals surface area contributed by atoms with E-state index in [0.29, 0.717) is 0 Å². The largest absolute Gasteiger partial charge is 0.381 e. The third-order valence-corrected chi connectivity index (χ3v) is 3.88. The smallest absolute Gasteiger partial charge is 0.192 e. The van der Waals surface area contributed by atoms with E-state index in [0.717, 1.165) is 0 Å². The Morgan fingerprint density at radius 1 is 0.517 bits per heavy atom. The van der Waals surface area contributed by atoms with Gasteiger partial charge >= 0.3 is 0 Å². The Kier molecular flexibility index (Phi) is 12.4. The monoisotopic (exact) mass is 427 g/mol. The van der Waals surface area contributed by atoms with Crippen molar-refractivity contribution < 1.29 is 28.8 Å². The molecule has 0 atom stereocenters. The van der Waals surface area contributed by atoms with E-state index in [2.05, 4.69) is 47.9 Å². The predicted molar refractivity (Wildman–Crippen MR) is 103 cm³/mol. The van der Waals surface area contributed by atoms with Gasteiger partial charge in [0.25, 0.3) is 0 Å². The molecule has 174 valence electrons. The normalized spacial score (nSPS) is 20.1. The van der Waals surface area contributed by atoms with Gasteiger partial charge < -0.3 is 28.8 Å². The summed E-state index contributed by atoms with van der Waals surface area (Å²) in [5.74, 6) is -3.65. The summed E-state index contributed by atoms with van der Waals surface area (Å²) in [5.41, 5.74) is 0. The van der Waals surface area contributed by atoms with Gasteiger partial charge in [0, 0.05) is 35.5 Å². The van der Waals surface area contributed by atoms with Crippen molar-refractivity contribution in [3.63, 3.8) is 0 Å². The molecule has 1 saturated heterocycles. The summed E-state index contributed by atoms with van der Waals surface area (Å²) in [6.07, 6.45) is 0. The van der Waals surface area contributed by atoms with Crippen molar-refractivity contribution in [2.45, 2.75) is 17.7 Å². The number of hydrogen-bond acceptors (Lipinski definition) is 15. The van der Waals surface area contributed by atoms with Gasteiger partial charge in [-0.05, 0) is 0 Å². The number of nitrogens with one attached hydrogen (secondary N) is 9. The Labute approximate surface area is 171 Å². The van der Waals surface area contributed by atoms with Crippen LogP contribution in [0.2, 0.25) is 0 Å². The maximum atomic E-state index is 9.66. The molecule has 1 heterocycles. The molecule has 1 fully saturated rings. The Balaban J connectivity index is 3.36. The molecule has 15 heteroatoms. The highest BCUT2D eigenvalue weighted by molar-refractivity contribution is 5.02. The minimum absolute atomic E-state index is 0.141. The van der Waals surface area contributed by atoms with E-state index in [9.17, 15) is 5.11 Å². The molecule has 0 aromatic carbocycles. The number of aliphatic hydroxyl groups excluding tert-OH is 1. The van der Waals surface area contributed by atoms with Crippen LogP contribution in [-0.4, -0.2) is 98.8 Å². The van der Waals surface area contributed by atoms with Crippen molar-refractivity contribution >= 4 is 0 Å². The molecular formula is C14H37N9O6. The van der Waals surface area contributed by atoms with Crippen LogP contribution in [0.25, 0.3) is 0 Å². The van der Waals surface area contributed by atoms with Crippen LogP contribution in [0.3, 0.4) is 0 Å². The maximum absolute atomic E-state index is 9.66. The lowest BCUT2D eigenvalue weighted by Crippen LogP contribution is -3.01. The van der Waals surface area contributed by atoms with Gasteiger partial charge in [0.05, 0.1) is 40.4 Å². The highest BCUT2D eigenvalue weighted by Gasteiger charge is 2.53. The summed E-state index contributed by atoms with van der Waals surface area (Å²) >= 11 is 0. The second-order valence-corrected chi connectivity index (χ2v) is 6.01. The second-order valence-electron chi connectivity index (χ2n) is 6.01. The number of rotatable bonds is 17. The van der Waals surface area contributed by atoms with Crippen molar-refractivity contribution in [1.82, 2.24) is 47.9 Å². The molecule has 0 saturated carbocycles. The highest BCUT2D eigenvalue weighted by atomic mass is 16.5. The van der Waals surface area contributed by atoms with Gasteiger partial charge in [-0.1, -0.05) is 0 Å². The van der Waals surface area contributed by atoms with E-state index < -0.39 is 17.7 Å². The first-order valence-corrected chi connectivity index (χ1v) is 8.92. The summed E-state index contributed by atoms with van der Waals surface area (Å²) in [5, 5.41) is 38.3. The molecule has 0 spiro atoms. The van der Waals surface area contributed by atoms with Crippen LogP contribution < -0.4 is 47.9 Å². The predicted octanol–water partition coefficient (Wildman–Crippen LogP) is -4.89. The van der Waals surface area contributed by atoms with Crippen LogP contribution in [0.4, 0.5) is 0 Å². The average Bonchev–Trinajstić information content (AvgIpc) is 2.72. The molecule has 0 radical (unpaired) electrons. The van der Waals surface area contributed by atoms with Crippen LogP contribution in [0.15, 0.2) is 0 Å². The molecular weight excluding hydrogens is 390 g/mol. The minimum Gasteiger partial charge on any atom is -0.381 e. The lowest BCUT2D eigenvalue weighted by molar-refractivity contribution is -0.139. The Morgan fingerprint density at radius 3 is 0.966 bits per heavy atom. The molecule has 0 bridgehead atoms. The molecule has 15 nitrogen and oxygen atoms in total. The lowest BCUT2D eigenvalue weighted by Gasteiger charge is -2.58. The standard InChI is InChI=1S/C14H37N9O6/c1-25-7-16-12(15-6-24)21-13(17-8-26-2,18-9-27-3)23-14(22-12,19-10-28-4)20-11-29-5/h15-24H,6-11H2,1-5H3. The Hall–Kier alpha value is -0.600. The van der Waals surface area contributed by atoms with Crippen LogP contribution in [0.1, 0.15) is 0 Å². The topological polar surface area (TPSA) is 175 Å². The lowest BCUT2D eigenvalue weighted by atomic mass is 10.3. The zero-order chi connectivity index (χ0) is 21.6. The fraction of sp³-hybridized carbons (Fsp3) is 1.00. The molecule has 0 aromatic rings. The second kappa shape index (κ2) is 13.7. The first kappa shape index (κ1) is 26.4. The third-order valence-electron chi connectivity index (χ3n) is 3.88. The summed E-state index contributed by atoms with van der Waals surface area (Å²) < 4.78 is 25.9. The Bertz CT molecular complexity index is 392. The SMILES string of the molecule is COCNC1(NCO)NC(NCOC)(NCOC)NC(NCOC)(NCOC)N1. The number of methoxy groups -OCH3 is 5. The van der Waals surface area contributed by atoms with Gasteiger partial charge in [-0.25, -0.2) is 16.0 Å². The molecule has 29 heavy (non-hydrogen) atoms. The van der Waals surface area contributed by atoms with Crippen molar-refractivity contribution in [2.24, 2.45) is 0 Å². The minimum atomic E-state index is -1.26. The fourth-order valence-corrected chi connectivity index (χ4v) is 2.68. The van der Waals surface area contributed by atoms with Gasteiger partial charge in [0.1, 0.15) is 0 Å². The first-order chi connectivity index (χ1) is 14.0. The van der Waals surface area contributed by atoms with Crippen molar-refractivity contribution in [1.29, 1.82) is 0 Å². The van der Waals surface area contributed by atoms with Crippen LogP contribution in [0.5, 0.6) is 0 Å². The first-order valence-electron chi connectivity index (χ1n) is 8.92. The van der Waals surface area contributed by atoms with Crippen LogP contribution >= 0.6 is 0 Å². The van der Waals surface area contributed by atoms with Crippen molar-refractivity contribution in [3.05, 3.63) is 0 Å². The molecule has 1 aliphatic rings. The van der Waals surface area contributed by atoms with Crippen LogP contribution in [0, 0.1) is 0 Å². The van der Waals surface area contributed by atoms with Crippen LogP contribution in [-0.2, 0) is 23.7 Å². The molecule has 1 aliphatic heterocycles. The quantitative estimate of drug-likeness (QED) is 0.0999. The van der Waals surface area contributed by atoms with Gasteiger partial charge in [-0.2, -0.15) is 0 Å². The van der Waals surface area contributed by atoms with Gasteiger partial charge in [0.2, 0.25) is 0 Å². The molecule has 1 rings (SSSR count). The van der Waals surface area contributed by atoms with E-state index in [1.807, 2.05) is 0 Å². The van der Waals surface area contributed by atoms with Gasteiger partial charge in [-0.15, -0.1) is 0 Å². The molecule has 0 aromatic heterocycles. The summed E-state index contributed by atoms with van der Waals surface area (Å²) in [6, 6.07) is 0. The highest BCUT2D eigenvalue weighted by Crippen LogP contribution is 2.12. The van der Waals surface area contributed by atoms with E-state index in [1.54, 1.807) is 35.5 Å². The zero-order valence-electron chi connectivity index (χ0n) is 17.7. The van der Waals surface area contributed by atoms with E-state index in [4.69, 9.17) is 23.7 Å². The van der Waals surface area contributed by atoms with Gasteiger partial charge in [-0.3, -0.25) is 31.9 Å². The zero-order valence-corrected chi connectivity index (χ0v) is 17.7. The van der Waals surface area contributed by atoms with E-state index in [1.165, 1.54) is 0 Å². The maximum Gasteiger partial charge on any atom is 0.192 e. The summed E-state index contributed by atoms with van der Waals surface area (Å²) in [7, 11) is 7.76. The number of aliphatic hydroxyl groups is 1. The Morgan fingerprint density at radius 2 is 0.759 bits per heavy atom. The van der Waals surface area contributed by atoms with E-state index >= 15 is 0 Å².